The second-order valence-electron chi connectivity index (χ2n) is 2.90. The maximum Gasteiger partial charge on any atom is 0.106 e. The Kier molecular flexibility index (Phi) is 4.31. The number of rotatable bonds is 3. The first-order chi connectivity index (χ1) is 5.93. The van der Waals surface area contributed by atoms with Gasteiger partial charge >= 0.3 is 0 Å². The summed E-state index contributed by atoms with van der Waals surface area (Å²) in [4.78, 5) is 3.67. The van der Waals surface area contributed by atoms with Crippen molar-refractivity contribution in [2.45, 2.75) is 12.8 Å². The molecule has 66 valence electrons. The quantitative estimate of drug-likeness (QED) is 0.479. The lowest BCUT2D eigenvalue weighted by atomic mass is 9.98. The van der Waals surface area contributed by atoms with Crippen LogP contribution >= 0.6 is 0 Å². The number of nitrogens with zero attached hydrogens (tertiary/aromatic N) is 1. The second-order valence-corrected chi connectivity index (χ2v) is 2.90. The van der Waals surface area contributed by atoms with Crippen molar-refractivity contribution in [1.82, 2.24) is 5.32 Å². The number of nitrogens with one attached hydrogen (secondary N) is 2. The minimum absolute atomic E-state index is 0.698. The highest BCUT2D eigenvalue weighted by molar-refractivity contribution is 5.78. The molecule has 1 rings (SSSR count). The van der Waals surface area contributed by atoms with E-state index in [1.807, 2.05) is 6.08 Å². The predicted molar refractivity (Wildman–Crippen MR) is 52.0 cm³/mol. The Morgan fingerprint density at radius 1 is 1.33 bits per heavy atom. The van der Waals surface area contributed by atoms with Crippen LogP contribution in [0.4, 0.5) is 0 Å². The normalized spacial score (nSPS) is 20.7. The van der Waals surface area contributed by atoms with Crippen LogP contribution in [-0.2, 0) is 0 Å². The fourth-order valence-electron chi connectivity index (χ4n) is 1.34. The number of piperidine rings is 1. The molecule has 0 bridgehead atoms. The average molecular weight is 165 g/mol. The fourth-order valence-corrected chi connectivity index (χ4v) is 1.34. The third-order valence-corrected chi connectivity index (χ3v) is 2.01. The number of hydrogen-bond donors (Lipinski definition) is 2. The van der Waals surface area contributed by atoms with Crippen LogP contribution in [0.2, 0.25) is 0 Å². The van der Waals surface area contributed by atoms with Gasteiger partial charge in [0.1, 0.15) is 6.34 Å². The van der Waals surface area contributed by atoms with E-state index in [2.05, 4.69) is 16.4 Å². The Morgan fingerprint density at radius 3 is 2.75 bits per heavy atom. The molecule has 1 aliphatic rings. The van der Waals surface area contributed by atoms with E-state index in [1.54, 1.807) is 6.21 Å². The number of allylic oxidation sites excluding steroid dienone is 2. The van der Waals surface area contributed by atoms with Crippen molar-refractivity contribution in [3.8, 4) is 0 Å². The van der Waals surface area contributed by atoms with Gasteiger partial charge in [0.2, 0.25) is 0 Å². The minimum Gasteiger partial charge on any atom is -0.317 e. The molecule has 2 N–H and O–H groups in total. The minimum atomic E-state index is 0.698. The van der Waals surface area contributed by atoms with Gasteiger partial charge in [0.05, 0.1) is 0 Å². The predicted octanol–water partition coefficient (Wildman–Crippen LogP) is 1.22. The van der Waals surface area contributed by atoms with Crippen LogP contribution < -0.4 is 5.32 Å². The van der Waals surface area contributed by atoms with Crippen molar-refractivity contribution in [2.24, 2.45) is 10.9 Å². The zero-order valence-electron chi connectivity index (χ0n) is 7.16. The molecule has 12 heavy (non-hydrogen) atoms. The highest BCUT2D eigenvalue weighted by atomic mass is 14.9. The molecule has 0 atom stereocenters. The van der Waals surface area contributed by atoms with Gasteiger partial charge < -0.3 is 5.32 Å². The molecular weight excluding hydrogens is 150 g/mol. The van der Waals surface area contributed by atoms with E-state index in [-0.39, 0.29) is 0 Å². The smallest absolute Gasteiger partial charge is 0.106 e. The van der Waals surface area contributed by atoms with Gasteiger partial charge in [0.25, 0.3) is 0 Å². The van der Waals surface area contributed by atoms with Crippen molar-refractivity contribution in [1.29, 1.82) is 5.41 Å². The fraction of sp³-hybridized carbons (Fsp3) is 0.556. The van der Waals surface area contributed by atoms with Crippen LogP contribution in [0.5, 0.6) is 0 Å². The Balaban J connectivity index is 2.23. The van der Waals surface area contributed by atoms with E-state index in [0.29, 0.717) is 5.92 Å². The van der Waals surface area contributed by atoms with Gasteiger partial charge in [-0.1, -0.05) is 6.08 Å². The highest BCUT2D eigenvalue weighted by Crippen LogP contribution is 2.11. The lowest BCUT2D eigenvalue weighted by Gasteiger charge is -2.18. The zero-order valence-corrected chi connectivity index (χ0v) is 7.16. The summed E-state index contributed by atoms with van der Waals surface area (Å²) in [6.07, 6.45) is 9.25. The molecular formula is C9H15N3. The summed E-state index contributed by atoms with van der Waals surface area (Å²) in [5.74, 6) is 0.698. The van der Waals surface area contributed by atoms with E-state index in [4.69, 9.17) is 5.41 Å². The molecule has 1 heterocycles. The Bertz CT molecular complexity index is 178. The van der Waals surface area contributed by atoms with E-state index >= 15 is 0 Å². The standard InChI is InChI=1S/C9H15N3/c10-8-12-5-1-2-9-3-6-11-7-4-9/h1-2,5,8-11H,3-4,6-7H2/b2-1+,10-8?,12-5-. The average Bonchev–Trinajstić information content (AvgIpc) is 2.14. The molecule has 1 saturated heterocycles. The van der Waals surface area contributed by atoms with E-state index in [1.165, 1.54) is 12.8 Å². The lowest BCUT2D eigenvalue weighted by molar-refractivity contribution is 0.437. The third-order valence-electron chi connectivity index (χ3n) is 2.01. The van der Waals surface area contributed by atoms with Gasteiger partial charge in [-0.05, 0) is 37.9 Å². The topological polar surface area (TPSA) is 48.2 Å². The Morgan fingerprint density at radius 2 is 2.08 bits per heavy atom. The lowest BCUT2D eigenvalue weighted by Crippen LogP contribution is -2.26. The van der Waals surface area contributed by atoms with Crippen LogP contribution in [0.15, 0.2) is 17.1 Å². The number of hydrogen-bond acceptors (Lipinski definition) is 2. The van der Waals surface area contributed by atoms with Crippen LogP contribution in [-0.4, -0.2) is 25.6 Å². The summed E-state index contributed by atoms with van der Waals surface area (Å²) in [7, 11) is 0. The molecule has 0 aromatic heterocycles. The first-order valence-corrected chi connectivity index (χ1v) is 4.33. The largest absolute Gasteiger partial charge is 0.317 e. The zero-order chi connectivity index (χ0) is 8.65. The first kappa shape index (κ1) is 9.13. The van der Waals surface area contributed by atoms with Gasteiger partial charge in [-0.25, -0.2) is 4.99 Å². The van der Waals surface area contributed by atoms with E-state index in [0.717, 1.165) is 19.4 Å². The van der Waals surface area contributed by atoms with Crippen molar-refractivity contribution >= 4 is 12.6 Å². The van der Waals surface area contributed by atoms with Crippen LogP contribution in [0.1, 0.15) is 12.8 Å². The van der Waals surface area contributed by atoms with Gasteiger partial charge in [0.15, 0.2) is 0 Å². The van der Waals surface area contributed by atoms with Crippen LogP contribution in [0.3, 0.4) is 0 Å². The van der Waals surface area contributed by atoms with Crippen molar-refractivity contribution < 1.29 is 0 Å². The van der Waals surface area contributed by atoms with Gasteiger partial charge in [0, 0.05) is 6.21 Å². The molecule has 0 aliphatic carbocycles. The van der Waals surface area contributed by atoms with Gasteiger partial charge in [-0.15, -0.1) is 0 Å². The molecule has 1 fully saturated rings. The van der Waals surface area contributed by atoms with E-state index < -0.39 is 0 Å². The van der Waals surface area contributed by atoms with E-state index in [9.17, 15) is 0 Å². The first-order valence-electron chi connectivity index (χ1n) is 4.33. The molecule has 0 radical (unpaired) electrons. The summed E-state index contributed by atoms with van der Waals surface area (Å²) < 4.78 is 0. The number of aliphatic imine (C=N–C) groups is 1. The Labute approximate surface area is 73.1 Å². The van der Waals surface area contributed by atoms with Gasteiger partial charge in [-0.2, -0.15) is 0 Å². The highest BCUT2D eigenvalue weighted by Gasteiger charge is 2.07. The second kappa shape index (κ2) is 5.66. The molecule has 0 unspecified atom stereocenters. The summed E-state index contributed by atoms with van der Waals surface area (Å²) in [5, 5.41) is 9.97. The molecule has 0 aromatic carbocycles. The SMILES string of the molecule is N=C/N=C\C=C\C1CCNCC1. The summed E-state index contributed by atoms with van der Waals surface area (Å²) in [6.45, 7) is 2.24. The van der Waals surface area contributed by atoms with Crippen molar-refractivity contribution in [2.75, 3.05) is 13.1 Å². The van der Waals surface area contributed by atoms with Crippen molar-refractivity contribution in [3.63, 3.8) is 0 Å². The summed E-state index contributed by atoms with van der Waals surface area (Å²) in [5.41, 5.74) is 0. The molecule has 3 heteroatoms. The van der Waals surface area contributed by atoms with Crippen LogP contribution in [0.25, 0.3) is 0 Å². The maximum absolute atomic E-state index is 6.66. The molecule has 3 nitrogen and oxygen atoms in total. The molecule has 0 spiro atoms. The summed E-state index contributed by atoms with van der Waals surface area (Å²) in [6, 6.07) is 0. The Hall–Kier alpha value is -0.960. The molecule has 0 aromatic rings. The monoisotopic (exact) mass is 165 g/mol. The maximum atomic E-state index is 6.66. The summed E-state index contributed by atoms with van der Waals surface area (Å²) >= 11 is 0. The third kappa shape index (κ3) is 3.44. The van der Waals surface area contributed by atoms with Crippen LogP contribution in [0, 0.1) is 11.3 Å². The van der Waals surface area contributed by atoms with Gasteiger partial charge in [-0.3, -0.25) is 5.41 Å². The molecule has 0 saturated carbocycles. The molecule has 0 amide bonds. The molecule has 1 aliphatic heterocycles. The van der Waals surface area contributed by atoms with Crippen molar-refractivity contribution in [3.05, 3.63) is 12.2 Å².